The van der Waals surface area contributed by atoms with E-state index in [9.17, 15) is 13.2 Å². The van der Waals surface area contributed by atoms with Crippen LogP contribution in [-0.4, -0.2) is 49.2 Å². The maximum Gasteiger partial charge on any atom is 0.223 e. The van der Waals surface area contributed by atoms with Gasteiger partial charge < -0.3 is 9.64 Å². The molecule has 0 spiro atoms. The molecule has 7 heteroatoms. The fourth-order valence-corrected chi connectivity index (χ4v) is 4.78. The van der Waals surface area contributed by atoms with Gasteiger partial charge in [0.05, 0.1) is 17.2 Å². The van der Waals surface area contributed by atoms with Crippen molar-refractivity contribution in [3.05, 3.63) is 66.9 Å². The van der Waals surface area contributed by atoms with Gasteiger partial charge in [-0.25, -0.2) is 8.42 Å². The van der Waals surface area contributed by atoms with E-state index in [-0.39, 0.29) is 29.1 Å². The van der Waals surface area contributed by atoms with Gasteiger partial charge in [0.25, 0.3) is 0 Å². The number of sulfone groups is 1. The summed E-state index contributed by atoms with van der Waals surface area (Å²) in [6.45, 7) is 1.01. The highest BCUT2D eigenvalue weighted by Crippen LogP contribution is 2.26. The van der Waals surface area contributed by atoms with E-state index < -0.39 is 9.84 Å². The smallest absolute Gasteiger partial charge is 0.223 e. The summed E-state index contributed by atoms with van der Waals surface area (Å²) in [5, 5.41) is 1.00. The number of aromatic nitrogens is 1. The number of para-hydroxylation sites is 1. The summed E-state index contributed by atoms with van der Waals surface area (Å²) in [6.07, 6.45) is 2.28. The number of benzene rings is 2. The van der Waals surface area contributed by atoms with Crippen molar-refractivity contribution >= 4 is 26.6 Å². The molecule has 1 atom stereocenters. The van der Waals surface area contributed by atoms with Gasteiger partial charge in [0.1, 0.15) is 17.4 Å². The molecule has 1 amide bonds. The van der Waals surface area contributed by atoms with E-state index in [2.05, 4.69) is 4.98 Å². The number of carbonyl (C=O) groups is 1. The van der Waals surface area contributed by atoms with Gasteiger partial charge in [-0.05, 0) is 24.3 Å². The minimum absolute atomic E-state index is 0.0280. The van der Waals surface area contributed by atoms with Crippen molar-refractivity contribution in [2.24, 2.45) is 0 Å². The molecule has 150 valence electrons. The number of nitrogens with zero attached hydrogens (tertiary/aromatic N) is 2. The molecule has 1 saturated heterocycles. The molecule has 0 bridgehead atoms. The van der Waals surface area contributed by atoms with E-state index in [1.54, 1.807) is 41.4 Å². The Bertz CT molecular complexity index is 1110. The predicted octanol–water partition coefficient (Wildman–Crippen LogP) is 3.08. The van der Waals surface area contributed by atoms with Crippen molar-refractivity contribution in [3.8, 4) is 5.75 Å². The first-order valence-electron chi connectivity index (χ1n) is 9.59. The van der Waals surface area contributed by atoms with E-state index in [1.807, 2.05) is 30.3 Å². The first kappa shape index (κ1) is 19.4. The molecule has 2 heterocycles. The van der Waals surface area contributed by atoms with Gasteiger partial charge in [-0.2, -0.15) is 0 Å². The predicted molar refractivity (Wildman–Crippen MR) is 110 cm³/mol. The summed E-state index contributed by atoms with van der Waals surface area (Å²) in [4.78, 5) is 18.9. The highest BCUT2D eigenvalue weighted by Gasteiger charge is 2.29. The van der Waals surface area contributed by atoms with Gasteiger partial charge in [0.2, 0.25) is 5.91 Å². The molecule has 0 N–H and O–H groups in total. The van der Waals surface area contributed by atoms with E-state index in [1.165, 1.54) is 0 Å². The van der Waals surface area contributed by atoms with E-state index in [0.29, 0.717) is 25.3 Å². The van der Waals surface area contributed by atoms with Gasteiger partial charge in [-0.3, -0.25) is 9.78 Å². The lowest BCUT2D eigenvalue weighted by Crippen LogP contribution is -2.32. The summed E-state index contributed by atoms with van der Waals surface area (Å²) in [5.41, 5.74) is 0.800. The summed E-state index contributed by atoms with van der Waals surface area (Å²) in [5.74, 6) is 0.353. The van der Waals surface area contributed by atoms with Crippen LogP contribution in [0.25, 0.3) is 10.9 Å². The Morgan fingerprint density at radius 1 is 1.07 bits per heavy atom. The second-order valence-corrected chi connectivity index (χ2v) is 9.19. The lowest BCUT2D eigenvalue weighted by Gasteiger charge is -2.18. The average Bonchev–Trinajstić information content (AvgIpc) is 3.22. The van der Waals surface area contributed by atoms with Gasteiger partial charge in [0, 0.05) is 31.0 Å². The SMILES string of the molecule is O=C(CCS(=O)(=O)c1ccccc1)N1CCC(Oc2cccc3cccnc23)C1. The minimum Gasteiger partial charge on any atom is -0.486 e. The van der Waals surface area contributed by atoms with Crippen LogP contribution in [0.15, 0.2) is 71.8 Å². The third-order valence-electron chi connectivity index (χ3n) is 5.07. The Kier molecular flexibility index (Phi) is 5.49. The molecule has 1 unspecified atom stereocenters. The minimum atomic E-state index is -3.46. The first-order valence-corrected chi connectivity index (χ1v) is 11.2. The van der Waals surface area contributed by atoms with Crippen molar-refractivity contribution < 1.29 is 17.9 Å². The number of ether oxygens (including phenoxy) is 1. The molecule has 6 nitrogen and oxygen atoms in total. The molecular formula is C22H22N2O4S. The van der Waals surface area contributed by atoms with Crippen LogP contribution in [0, 0.1) is 0 Å². The molecule has 2 aromatic carbocycles. The molecule has 1 fully saturated rings. The van der Waals surface area contributed by atoms with Crippen LogP contribution in [0.2, 0.25) is 0 Å². The number of hydrogen-bond donors (Lipinski definition) is 0. The van der Waals surface area contributed by atoms with Crippen LogP contribution in [0.1, 0.15) is 12.8 Å². The second kappa shape index (κ2) is 8.21. The zero-order chi connectivity index (χ0) is 20.3. The van der Waals surface area contributed by atoms with Gasteiger partial charge in [0.15, 0.2) is 9.84 Å². The highest BCUT2D eigenvalue weighted by molar-refractivity contribution is 7.91. The topological polar surface area (TPSA) is 76.6 Å². The molecule has 0 saturated carbocycles. The number of rotatable bonds is 6. The molecule has 0 radical (unpaired) electrons. The summed E-state index contributed by atoms with van der Waals surface area (Å²) in [7, 11) is -3.46. The van der Waals surface area contributed by atoms with Crippen LogP contribution in [0.5, 0.6) is 5.75 Å². The quantitative estimate of drug-likeness (QED) is 0.624. The lowest BCUT2D eigenvalue weighted by molar-refractivity contribution is -0.130. The van der Waals surface area contributed by atoms with Crippen LogP contribution in [0.3, 0.4) is 0 Å². The maximum absolute atomic E-state index is 12.5. The summed E-state index contributed by atoms with van der Waals surface area (Å²) in [6, 6.07) is 17.9. The van der Waals surface area contributed by atoms with Crippen molar-refractivity contribution in [2.75, 3.05) is 18.8 Å². The Morgan fingerprint density at radius 2 is 1.86 bits per heavy atom. The molecule has 4 rings (SSSR count). The number of amides is 1. The average molecular weight is 410 g/mol. The zero-order valence-corrected chi connectivity index (χ0v) is 16.7. The van der Waals surface area contributed by atoms with Crippen LogP contribution in [0.4, 0.5) is 0 Å². The van der Waals surface area contributed by atoms with Crippen molar-refractivity contribution in [2.45, 2.75) is 23.8 Å². The van der Waals surface area contributed by atoms with Crippen molar-refractivity contribution in [3.63, 3.8) is 0 Å². The molecule has 3 aromatic rings. The Balaban J connectivity index is 1.35. The number of likely N-dealkylation sites (tertiary alicyclic amines) is 1. The van der Waals surface area contributed by atoms with Crippen LogP contribution >= 0.6 is 0 Å². The van der Waals surface area contributed by atoms with Crippen molar-refractivity contribution in [1.82, 2.24) is 9.88 Å². The third-order valence-corrected chi connectivity index (χ3v) is 6.81. The molecule has 1 aliphatic heterocycles. The number of fused-ring (bicyclic) bond motifs is 1. The Hall–Kier alpha value is -2.93. The summed E-state index contributed by atoms with van der Waals surface area (Å²) < 4.78 is 30.9. The Morgan fingerprint density at radius 3 is 2.69 bits per heavy atom. The van der Waals surface area contributed by atoms with Crippen LogP contribution < -0.4 is 4.74 Å². The third kappa shape index (κ3) is 4.40. The fourth-order valence-electron chi connectivity index (χ4n) is 3.53. The van der Waals surface area contributed by atoms with Crippen LogP contribution in [-0.2, 0) is 14.6 Å². The molecular weight excluding hydrogens is 388 g/mol. The Labute approximate surface area is 170 Å². The zero-order valence-electron chi connectivity index (χ0n) is 15.9. The second-order valence-electron chi connectivity index (χ2n) is 7.08. The molecule has 1 aliphatic rings. The first-order chi connectivity index (χ1) is 14.0. The monoisotopic (exact) mass is 410 g/mol. The lowest BCUT2D eigenvalue weighted by atomic mass is 10.2. The molecule has 29 heavy (non-hydrogen) atoms. The molecule has 1 aromatic heterocycles. The van der Waals surface area contributed by atoms with E-state index >= 15 is 0 Å². The van der Waals surface area contributed by atoms with E-state index in [0.717, 1.165) is 10.9 Å². The van der Waals surface area contributed by atoms with Gasteiger partial charge in [-0.1, -0.05) is 36.4 Å². The summed E-state index contributed by atoms with van der Waals surface area (Å²) >= 11 is 0. The van der Waals surface area contributed by atoms with E-state index in [4.69, 9.17) is 4.74 Å². The molecule has 0 aliphatic carbocycles. The largest absolute Gasteiger partial charge is 0.486 e. The maximum atomic E-state index is 12.5. The van der Waals surface area contributed by atoms with Gasteiger partial charge in [-0.15, -0.1) is 0 Å². The standard InChI is InChI=1S/C22H22N2O4S/c25-21(12-15-29(26,27)19-8-2-1-3-9-19)24-14-11-18(16-24)28-20-10-4-6-17-7-5-13-23-22(17)20/h1-10,13,18H,11-12,14-16H2. The number of hydrogen-bond acceptors (Lipinski definition) is 5. The fraction of sp³-hybridized carbons (Fsp3) is 0.273. The number of carbonyl (C=O) groups excluding carboxylic acids is 1. The van der Waals surface area contributed by atoms with Gasteiger partial charge >= 0.3 is 0 Å². The highest BCUT2D eigenvalue weighted by atomic mass is 32.2. The number of pyridine rings is 1. The normalized spacial score (nSPS) is 16.8. The van der Waals surface area contributed by atoms with Crippen molar-refractivity contribution in [1.29, 1.82) is 0 Å².